The van der Waals surface area contributed by atoms with Gasteiger partial charge in [-0.2, -0.15) is 0 Å². The largest absolute Gasteiger partial charge is 0.490 e. The number of aryl methyl sites for hydroxylation is 1. The van der Waals surface area contributed by atoms with E-state index in [2.05, 4.69) is 0 Å². The van der Waals surface area contributed by atoms with E-state index >= 15 is 0 Å². The SMILES string of the molecule is Cc1ccc(F)cc1OCC1(O)CCCCC1. The lowest BCUT2D eigenvalue weighted by atomic mass is 9.85. The first-order valence-corrected chi connectivity index (χ1v) is 6.20. The summed E-state index contributed by atoms with van der Waals surface area (Å²) < 4.78 is 18.6. The summed E-state index contributed by atoms with van der Waals surface area (Å²) in [7, 11) is 0. The molecule has 1 N–H and O–H groups in total. The zero-order valence-corrected chi connectivity index (χ0v) is 10.2. The summed E-state index contributed by atoms with van der Waals surface area (Å²) in [5.74, 6) is 0.227. The maximum absolute atomic E-state index is 13.1. The van der Waals surface area contributed by atoms with Gasteiger partial charge in [-0.3, -0.25) is 0 Å². The summed E-state index contributed by atoms with van der Waals surface area (Å²) in [6, 6.07) is 4.48. The molecule has 1 saturated carbocycles. The fraction of sp³-hybridized carbons (Fsp3) is 0.571. The van der Waals surface area contributed by atoms with E-state index < -0.39 is 5.60 Å². The molecule has 2 rings (SSSR count). The highest BCUT2D eigenvalue weighted by molar-refractivity contribution is 5.32. The topological polar surface area (TPSA) is 29.5 Å². The monoisotopic (exact) mass is 238 g/mol. The highest BCUT2D eigenvalue weighted by Gasteiger charge is 2.30. The average Bonchev–Trinajstić information content (AvgIpc) is 2.31. The van der Waals surface area contributed by atoms with Gasteiger partial charge in [0.05, 0.1) is 5.60 Å². The predicted octanol–water partition coefficient (Wildman–Crippen LogP) is 3.21. The summed E-state index contributed by atoms with van der Waals surface area (Å²) in [4.78, 5) is 0. The maximum Gasteiger partial charge on any atom is 0.126 e. The standard InChI is InChI=1S/C14H19FO2/c1-11-5-6-12(15)9-13(11)17-10-14(16)7-3-2-4-8-14/h5-6,9,16H,2-4,7-8,10H2,1H3. The Morgan fingerprint density at radius 1 is 1.29 bits per heavy atom. The molecule has 0 aromatic heterocycles. The number of hydrogen-bond acceptors (Lipinski definition) is 2. The predicted molar refractivity (Wildman–Crippen MR) is 64.7 cm³/mol. The number of ether oxygens (including phenoxy) is 1. The molecule has 17 heavy (non-hydrogen) atoms. The van der Waals surface area contributed by atoms with Crippen LogP contribution in [0.5, 0.6) is 5.75 Å². The Morgan fingerprint density at radius 3 is 2.71 bits per heavy atom. The Labute approximate surface area is 101 Å². The average molecular weight is 238 g/mol. The molecule has 1 aliphatic carbocycles. The van der Waals surface area contributed by atoms with Gasteiger partial charge in [-0.05, 0) is 31.4 Å². The molecule has 0 heterocycles. The van der Waals surface area contributed by atoms with Crippen molar-refractivity contribution in [3.63, 3.8) is 0 Å². The van der Waals surface area contributed by atoms with Crippen LogP contribution in [-0.2, 0) is 0 Å². The van der Waals surface area contributed by atoms with Gasteiger partial charge in [0.2, 0.25) is 0 Å². The minimum atomic E-state index is -0.725. The highest BCUT2D eigenvalue weighted by atomic mass is 19.1. The molecule has 0 spiro atoms. The van der Waals surface area contributed by atoms with Crippen molar-refractivity contribution in [3.8, 4) is 5.75 Å². The smallest absolute Gasteiger partial charge is 0.126 e. The molecule has 2 nitrogen and oxygen atoms in total. The van der Waals surface area contributed by atoms with Crippen LogP contribution in [0.15, 0.2) is 18.2 Å². The number of benzene rings is 1. The van der Waals surface area contributed by atoms with Crippen molar-refractivity contribution in [1.29, 1.82) is 0 Å². The van der Waals surface area contributed by atoms with Crippen molar-refractivity contribution in [1.82, 2.24) is 0 Å². The van der Waals surface area contributed by atoms with Crippen molar-refractivity contribution in [3.05, 3.63) is 29.6 Å². The van der Waals surface area contributed by atoms with Gasteiger partial charge in [0.15, 0.2) is 0 Å². The van der Waals surface area contributed by atoms with E-state index in [0.717, 1.165) is 31.2 Å². The number of aliphatic hydroxyl groups is 1. The molecule has 0 aliphatic heterocycles. The van der Waals surface area contributed by atoms with E-state index in [1.165, 1.54) is 18.6 Å². The van der Waals surface area contributed by atoms with Crippen LogP contribution in [0.25, 0.3) is 0 Å². The highest BCUT2D eigenvalue weighted by Crippen LogP contribution is 2.29. The van der Waals surface area contributed by atoms with Crippen LogP contribution in [0.4, 0.5) is 4.39 Å². The van der Waals surface area contributed by atoms with Crippen molar-refractivity contribution in [2.75, 3.05) is 6.61 Å². The third kappa shape index (κ3) is 3.19. The number of rotatable bonds is 3. The van der Waals surface area contributed by atoms with E-state index in [-0.39, 0.29) is 12.4 Å². The lowest BCUT2D eigenvalue weighted by Crippen LogP contribution is -2.38. The van der Waals surface area contributed by atoms with Gasteiger partial charge in [-0.1, -0.05) is 25.3 Å². The quantitative estimate of drug-likeness (QED) is 0.876. The van der Waals surface area contributed by atoms with E-state index in [9.17, 15) is 9.50 Å². The second kappa shape index (κ2) is 5.05. The van der Waals surface area contributed by atoms with Gasteiger partial charge in [0, 0.05) is 6.07 Å². The Balaban J connectivity index is 1.99. The van der Waals surface area contributed by atoms with Gasteiger partial charge in [-0.25, -0.2) is 4.39 Å². The zero-order valence-electron chi connectivity index (χ0n) is 10.2. The second-order valence-electron chi connectivity index (χ2n) is 4.98. The molecular weight excluding hydrogens is 219 g/mol. The third-order valence-corrected chi connectivity index (χ3v) is 3.43. The second-order valence-corrected chi connectivity index (χ2v) is 4.98. The Hall–Kier alpha value is -1.09. The summed E-state index contributed by atoms with van der Waals surface area (Å²) in [5, 5.41) is 10.3. The van der Waals surface area contributed by atoms with Crippen LogP contribution >= 0.6 is 0 Å². The Kier molecular flexibility index (Phi) is 3.67. The fourth-order valence-corrected chi connectivity index (χ4v) is 2.30. The summed E-state index contributed by atoms with van der Waals surface area (Å²) in [6.07, 6.45) is 4.83. The first-order valence-electron chi connectivity index (χ1n) is 6.20. The number of halogens is 1. The summed E-state index contributed by atoms with van der Waals surface area (Å²) in [5.41, 5.74) is 0.169. The van der Waals surface area contributed by atoms with E-state index in [0.29, 0.717) is 5.75 Å². The fourth-order valence-electron chi connectivity index (χ4n) is 2.30. The molecule has 1 aromatic rings. The lowest BCUT2D eigenvalue weighted by molar-refractivity contribution is -0.0341. The summed E-state index contributed by atoms with van der Waals surface area (Å²) >= 11 is 0. The normalized spacial score (nSPS) is 19.0. The van der Waals surface area contributed by atoms with Crippen LogP contribution in [-0.4, -0.2) is 17.3 Å². The van der Waals surface area contributed by atoms with Gasteiger partial charge in [-0.15, -0.1) is 0 Å². The maximum atomic E-state index is 13.1. The third-order valence-electron chi connectivity index (χ3n) is 3.43. The van der Waals surface area contributed by atoms with Gasteiger partial charge in [0.1, 0.15) is 18.2 Å². The minimum absolute atomic E-state index is 0.261. The van der Waals surface area contributed by atoms with Gasteiger partial charge >= 0.3 is 0 Å². The van der Waals surface area contributed by atoms with Gasteiger partial charge < -0.3 is 9.84 Å². The van der Waals surface area contributed by atoms with Crippen LogP contribution in [0.2, 0.25) is 0 Å². The van der Waals surface area contributed by atoms with Crippen LogP contribution in [0, 0.1) is 12.7 Å². The molecule has 0 radical (unpaired) electrons. The van der Waals surface area contributed by atoms with Crippen LogP contribution in [0.1, 0.15) is 37.7 Å². The first kappa shape index (κ1) is 12.4. The zero-order chi connectivity index (χ0) is 12.3. The Morgan fingerprint density at radius 2 is 2.00 bits per heavy atom. The molecule has 1 aliphatic rings. The van der Waals surface area contributed by atoms with Crippen molar-refractivity contribution < 1.29 is 14.2 Å². The molecule has 3 heteroatoms. The molecule has 0 atom stereocenters. The van der Waals surface area contributed by atoms with E-state index in [1.807, 2.05) is 6.92 Å². The van der Waals surface area contributed by atoms with Gasteiger partial charge in [0.25, 0.3) is 0 Å². The van der Waals surface area contributed by atoms with E-state index in [4.69, 9.17) is 4.74 Å². The molecule has 0 bridgehead atoms. The van der Waals surface area contributed by atoms with Crippen molar-refractivity contribution >= 4 is 0 Å². The Bertz CT molecular complexity index is 384. The molecular formula is C14H19FO2. The lowest BCUT2D eigenvalue weighted by Gasteiger charge is -2.31. The number of hydrogen-bond donors (Lipinski definition) is 1. The molecule has 1 fully saturated rings. The summed E-state index contributed by atoms with van der Waals surface area (Å²) in [6.45, 7) is 2.14. The minimum Gasteiger partial charge on any atom is -0.490 e. The molecule has 94 valence electrons. The molecule has 0 unspecified atom stereocenters. The van der Waals surface area contributed by atoms with Crippen LogP contribution in [0.3, 0.4) is 0 Å². The van der Waals surface area contributed by atoms with Crippen LogP contribution < -0.4 is 4.74 Å². The molecule has 0 amide bonds. The van der Waals surface area contributed by atoms with Crippen molar-refractivity contribution in [2.45, 2.75) is 44.6 Å². The van der Waals surface area contributed by atoms with E-state index in [1.54, 1.807) is 6.07 Å². The molecule has 1 aromatic carbocycles. The molecule has 0 saturated heterocycles. The van der Waals surface area contributed by atoms with Crippen molar-refractivity contribution in [2.24, 2.45) is 0 Å². The first-order chi connectivity index (χ1) is 8.09.